The summed E-state index contributed by atoms with van der Waals surface area (Å²) in [6.45, 7) is 24.3. The van der Waals surface area contributed by atoms with Crippen molar-refractivity contribution in [3.63, 3.8) is 0 Å². The van der Waals surface area contributed by atoms with Crippen molar-refractivity contribution in [2.24, 2.45) is 11.8 Å². The van der Waals surface area contributed by atoms with Crippen molar-refractivity contribution < 1.29 is 0 Å². The topological polar surface area (TPSA) is 9.72 Å². The van der Waals surface area contributed by atoms with Gasteiger partial charge in [0.05, 0.1) is 0 Å². The van der Waals surface area contributed by atoms with Gasteiger partial charge in [0, 0.05) is 50.3 Å². The van der Waals surface area contributed by atoms with Gasteiger partial charge in [-0.05, 0) is 65.8 Å². The third-order valence-corrected chi connectivity index (χ3v) is 6.52. The summed E-state index contributed by atoms with van der Waals surface area (Å²) in [6, 6.07) is 1.40. The number of hydrogen-bond donors (Lipinski definition) is 0. The Hall–Kier alpha value is -0.120. The Balaban J connectivity index is 1.84. The van der Waals surface area contributed by atoms with Gasteiger partial charge in [0.15, 0.2) is 0 Å². The van der Waals surface area contributed by atoms with Gasteiger partial charge in [-0.1, -0.05) is 13.8 Å². The van der Waals surface area contributed by atoms with E-state index in [2.05, 4.69) is 63.2 Å². The lowest BCUT2D eigenvalue weighted by atomic mass is 9.92. The largest absolute Gasteiger partial charge is 0.300 e. The standard InChI is InChI=1S/C20H41N3/c1-16(2)19-8-9-22(15-19)18(5)14-20(6,7)23-12-10-21(11-13-23)17(3)4/h16-19H,8-15H2,1-7H3. The predicted octanol–water partition coefficient (Wildman–Crippen LogP) is 3.55. The molecule has 3 nitrogen and oxygen atoms in total. The fourth-order valence-corrected chi connectivity index (χ4v) is 4.58. The number of hydrogen-bond acceptors (Lipinski definition) is 3. The molecule has 3 heteroatoms. The molecule has 0 aliphatic carbocycles. The maximum atomic E-state index is 2.75. The second kappa shape index (κ2) is 7.84. The Bertz CT molecular complexity index is 356. The van der Waals surface area contributed by atoms with Crippen molar-refractivity contribution in [1.82, 2.24) is 14.7 Å². The summed E-state index contributed by atoms with van der Waals surface area (Å²) < 4.78 is 0. The van der Waals surface area contributed by atoms with Crippen LogP contribution in [0.5, 0.6) is 0 Å². The van der Waals surface area contributed by atoms with Crippen LogP contribution >= 0.6 is 0 Å². The number of likely N-dealkylation sites (tertiary alicyclic amines) is 1. The molecule has 23 heavy (non-hydrogen) atoms. The number of nitrogens with zero attached hydrogens (tertiary/aromatic N) is 3. The maximum Gasteiger partial charge on any atom is 0.0169 e. The summed E-state index contributed by atoms with van der Waals surface area (Å²) in [4.78, 5) is 8.10. The van der Waals surface area contributed by atoms with E-state index in [9.17, 15) is 0 Å². The smallest absolute Gasteiger partial charge is 0.0169 e. The van der Waals surface area contributed by atoms with Crippen molar-refractivity contribution in [1.29, 1.82) is 0 Å². The molecule has 2 rings (SSSR count). The molecular weight excluding hydrogens is 282 g/mol. The third-order valence-electron chi connectivity index (χ3n) is 6.52. The van der Waals surface area contributed by atoms with Crippen LogP contribution in [0.25, 0.3) is 0 Å². The van der Waals surface area contributed by atoms with E-state index in [1.54, 1.807) is 0 Å². The van der Waals surface area contributed by atoms with E-state index in [1.807, 2.05) is 0 Å². The minimum atomic E-state index is 0.318. The molecule has 0 aromatic rings. The molecule has 2 aliphatic heterocycles. The molecular formula is C20H41N3. The summed E-state index contributed by atoms with van der Waals surface area (Å²) in [6.07, 6.45) is 2.69. The predicted molar refractivity (Wildman–Crippen MR) is 101 cm³/mol. The first-order valence-electron chi connectivity index (χ1n) is 9.94. The van der Waals surface area contributed by atoms with Crippen molar-refractivity contribution >= 4 is 0 Å². The maximum absolute atomic E-state index is 2.75. The minimum Gasteiger partial charge on any atom is -0.300 e. The summed E-state index contributed by atoms with van der Waals surface area (Å²) in [5, 5.41) is 0. The van der Waals surface area contributed by atoms with Crippen molar-refractivity contribution in [3.05, 3.63) is 0 Å². The van der Waals surface area contributed by atoms with Gasteiger partial charge in [0.1, 0.15) is 0 Å². The molecule has 0 bridgehead atoms. The van der Waals surface area contributed by atoms with E-state index in [0.29, 0.717) is 17.6 Å². The number of rotatable bonds is 6. The average Bonchev–Trinajstić information content (AvgIpc) is 2.97. The fraction of sp³-hybridized carbons (Fsp3) is 1.00. The zero-order chi connectivity index (χ0) is 17.2. The molecule has 2 aliphatic rings. The van der Waals surface area contributed by atoms with E-state index in [4.69, 9.17) is 0 Å². The highest BCUT2D eigenvalue weighted by Crippen LogP contribution is 2.30. The minimum absolute atomic E-state index is 0.318. The molecule has 2 atom stereocenters. The quantitative estimate of drug-likeness (QED) is 0.740. The van der Waals surface area contributed by atoms with Crippen LogP contribution in [-0.4, -0.2) is 71.6 Å². The lowest BCUT2D eigenvalue weighted by Gasteiger charge is -2.47. The first-order chi connectivity index (χ1) is 10.7. The van der Waals surface area contributed by atoms with E-state index in [-0.39, 0.29) is 0 Å². The second-order valence-electron chi connectivity index (χ2n) is 9.27. The van der Waals surface area contributed by atoms with E-state index in [0.717, 1.165) is 11.8 Å². The van der Waals surface area contributed by atoms with Gasteiger partial charge < -0.3 is 4.90 Å². The Morgan fingerprint density at radius 1 is 0.870 bits per heavy atom. The van der Waals surface area contributed by atoms with Crippen LogP contribution in [0, 0.1) is 11.8 Å². The molecule has 2 unspecified atom stereocenters. The van der Waals surface area contributed by atoms with Crippen LogP contribution in [0.4, 0.5) is 0 Å². The normalized spacial score (nSPS) is 27.3. The lowest BCUT2D eigenvalue weighted by molar-refractivity contribution is 0.0224. The molecule has 2 saturated heterocycles. The van der Waals surface area contributed by atoms with E-state index in [1.165, 1.54) is 52.1 Å². The van der Waals surface area contributed by atoms with Crippen LogP contribution < -0.4 is 0 Å². The van der Waals surface area contributed by atoms with Crippen LogP contribution in [0.2, 0.25) is 0 Å². The molecule has 0 radical (unpaired) electrons. The zero-order valence-corrected chi connectivity index (χ0v) is 16.8. The molecule has 136 valence electrons. The van der Waals surface area contributed by atoms with Crippen LogP contribution in [0.15, 0.2) is 0 Å². The molecule has 0 spiro atoms. The average molecular weight is 324 g/mol. The summed E-state index contributed by atoms with van der Waals surface area (Å²) in [5.74, 6) is 1.75. The van der Waals surface area contributed by atoms with E-state index < -0.39 is 0 Å². The Labute approximate surface area is 145 Å². The lowest BCUT2D eigenvalue weighted by Crippen LogP contribution is -2.57. The molecule has 0 saturated carbocycles. The Kier molecular flexibility index (Phi) is 6.55. The highest BCUT2D eigenvalue weighted by Gasteiger charge is 2.35. The Morgan fingerprint density at radius 2 is 1.48 bits per heavy atom. The van der Waals surface area contributed by atoms with E-state index >= 15 is 0 Å². The molecule has 2 heterocycles. The second-order valence-corrected chi connectivity index (χ2v) is 9.27. The number of piperazine rings is 1. The first kappa shape index (κ1) is 19.2. The summed E-state index contributed by atoms with van der Waals surface area (Å²) in [7, 11) is 0. The van der Waals surface area contributed by atoms with Crippen LogP contribution in [-0.2, 0) is 0 Å². The molecule has 2 fully saturated rings. The van der Waals surface area contributed by atoms with Gasteiger partial charge in [0.25, 0.3) is 0 Å². The van der Waals surface area contributed by atoms with Crippen molar-refractivity contribution in [3.8, 4) is 0 Å². The highest BCUT2D eigenvalue weighted by molar-refractivity contribution is 4.91. The SMILES string of the molecule is CC(C)C1CCN(C(C)CC(C)(C)N2CCN(C(C)C)CC2)C1. The first-order valence-corrected chi connectivity index (χ1v) is 9.94. The van der Waals surface area contributed by atoms with Gasteiger partial charge >= 0.3 is 0 Å². The van der Waals surface area contributed by atoms with Gasteiger partial charge in [-0.3, -0.25) is 9.80 Å². The summed E-state index contributed by atoms with van der Waals surface area (Å²) >= 11 is 0. The molecule has 0 aromatic carbocycles. The van der Waals surface area contributed by atoms with Gasteiger partial charge in [-0.25, -0.2) is 0 Å². The van der Waals surface area contributed by atoms with Crippen molar-refractivity contribution in [2.45, 2.75) is 78.9 Å². The Morgan fingerprint density at radius 3 is 1.96 bits per heavy atom. The van der Waals surface area contributed by atoms with Gasteiger partial charge in [0.2, 0.25) is 0 Å². The van der Waals surface area contributed by atoms with Crippen LogP contribution in [0.3, 0.4) is 0 Å². The summed E-state index contributed by atoms with van der Waals surface area (Å²) in [5.41, 5.74) is 0.318. The molecule has 0 amide bonds. The zero-order valence-electron chi connectivity index (χ0n) is 16.8. The monoisotopic (exact) mass is 323 g/mol. The van der Waals surface area contributed by atoms with Crippen LogP contribution in [0.1, 0.15) is 61.3 Å². The van der Waals surface area contributed by atoms with Gasteiger partial charge in [-0.2, -0.15) is 0 Å². The molecule has 0 aromatic heterocycles. The molecule has 0 N–H and O–H groups in total. The third kappa shape index (κ3) is 4.93. The highest BCUT2D eigenvalue weighted by atomic mass is 15.3. The fourth-order valence-electron chi connectivity index (χ4n) is 4.58. The van der Waals surface area contributed by atoms with Crippen molar-refractivity contribution in [2.75, 3.05) is 39.3 Å². The van der Waals surface area contributed by atoms with Gasteiger partial charge in [-0.15, -0.1) is 0 Å².